The number of rotatable bonds is 6. The molecular weight excluding hydrogens is 296 g/mol. The molecule has 0 bridgehead atoms. The van der Waals surface area contributed by atoms with Crippen molar-refractivity contribution in [1.82, 2.24) is 5.32 Å². The van der Waals surface area contributed by atoms with Gasteiger partial charge in [-0.25, -0.2) is 0 Å². The van der Waals surface area contributed by atoms with Gasteiger partial charge in [-0.15, -0.1) is 0 Å². The van der Waals surface area contributed by atoms with Gasteiger partial charge >= 0.3 is 0 Å². The smallest absolute Gasteiger partial charge is 0.228 e. The number of carbonyl (C=O) groups is 1. The lowest BCUT2D eigenvalue weighted by molar-refractivity contribution is -0.123. The Kier molecular flexibility index (Phi) is 6.14. The lowest BCUT2D eigenvalue weighted by Crippen LogP contribution is -2.36. The highest BCUT2D eigenvalue weighted by Crippen LogP contribution is 2.28. The summed E-state index contributed by atoms with van der Waals surface area (Å²) < 4.78 is 0. The van der Waals surface area contributed by atoms with E-state index in [0.29, 0.717) is 5.92 Å². The SMILES string of the molecule is CC(C)CC(C(=O)NC(C)C#N)c1cccc(-c2ccccc2)c1. The number of carbonyl (C=O) groups excluding carboxylic acids is 1. The molecule has 3 heteroatoms. The molecule has 2 aromatic carbocycles. The Morgan fingerprint density at radius 2 is 1.71 bits per heavy atom. The first-order valence-corrected chi connectivity index (χ1v) is 8.36. The second-order valence-corrected chi connectivity index (χ2v) is 6.53. The summed E-state index contributed by atoms with van der Waals surface area (Å²) >= 11 is 0. The van der Waals surface area contributed by atoms with E-state index in [9.17, 15) is 4.79 Å². The Hall–Kier alpha value is -2.60. The quantitative estimate of drug-likeness (QED) is 0.851. The van der Waals surface area contributed by atoms with E-state index in [2.05, 4.69) is 49.5 Å². The predicted octanol–water partition coefficient (Wildman–Crippen LogP) is 4.51. The van der Waals surface area contributed by atoms with Gasteiger partial charge < -0.3 is 5.32 Å². The number of nitriles is 1. The van der Waals surface area contributed by atoms with Gasteiger partial charge in [0.25, 0.3) is 0 Å². The molecule has 0 radical (unpaired) electrons. The monoisotopic (exact) mass is 320 g/mol. The lowest BCUT2D eigenvalue weighted by atomic mass is 9.87. The van der Waals surface area contributed by atoms with Crippen molar-refractivity contribution < 1.29 is 4.79 Å². The van der Waals surface area contributed by atoms with Crippen LogP contribution in [-0.4, -0.2) is 11.9 Å². The first-order chi connectivity index (χ1) is 11.5. The second-order valence-electron chi connectivity index (χ2n) is 6.53. The van der Waals surface area contributed by atoms with Gasteiger partial charge in [-0.05, 0) is 36.0 Å². The lowest BCUT2D eigenvalue weighted by Gasteiger charge is -2.20. The Bertz CT molecular complexity index is 716. The van der Waals surface area contributed by atoms with Crippen LogP contribution in [0.15, 0.2) is 54.6 Å². The normalized spacial score (nSPS) is 13.1. The summed E-state index contributed by atoms with van der Waals surface area (Å²) in [4.78, 5) is 12.6. The number of nitrogens with one attached hydrogen (secondary N) is 1. The molecule has 1 amide bonds. The summed E-state index contributed by atoms with van der Waals surface area (Å²) in [6.07, 6.45) is 0.752. The predicted molar refractivity (Wildman–Crippen MR) is 97.3 cm³/mol. The molecule has 124 valence electrons. The van der Waals surface area contributed by atoms with Crippen LogP contribution >= 0.6 is 0 Å². The van der Waals surface area contributed by atoms with Crippen LogP contribution in [0.3, 0.4) is 0 Å². The third-order valence-electron chi connectivity index (χ3n) is 3.97. The Morgan fingerprint density at radius 3 is 2.33 bits per heavy atom. The number of benzene rings is 2. The summed E-state index contributed by atoms with van der Waals surface area (Å²) in [5.74, 6) is 0.0611. The molecule has 0 aliphatic carbocycles. The highest BCUT2D eigenvalue weighted by molar-refractivity contribution is 5.84. The summed E-state index contributed by atoms with van der Waals surface area (Å²) in [6.45, 7) is 5.91. The van der Waals surface area contributed by atoms with Gasteiger partial charge in [-0.3, -0.25) is 4.79 Å². The van der Waals surface area contributed by atoms with Gasteiger partial charge in [0.05, 0.1) is 12.0 Å². The third-order valence-corrected chi connectivity index (χ3v) is 3.97. The van der Waals surface area contributed by atoms with E-state index in [-0.39, 0.29) is 11.8 Å². The standard InChI is InChI=1S/C21H24N2O/c1-15(2)12-20(21(24)23-16(3)14-22)19-11-7-10-18(13-19)17-8-5-4-6-9-17/h4-11,13,15-16,20H,12H2,1-3H3,(H,23,24). The highest BCUT2D eigenvalue weighted by atomic mass is 16.1. The van der Waals surface area contributed by atoms with Crippen molar-refractivity contribution in [2.24, 2.45) is 5.92 Å². The van der Waals surface area contributed by atoms with E-state index < -0.39 is 6.04 Å². The van der Waals surface area contributed by atoms with Crippen LogP contribution in [0, 0.1) is 17.2 Å². The Balaban J connectivity index is 2.33. The second kappa shape index (κ2) is 8.31. The summed E-state index contributed by atoms with van der Waals surface area (Å²) in [5, 5.41) is 11.7. The van der Waals surface area contributed by atoms with Gasteiger partial charge in [0.1, 0.15) is 6.04 Å². The number of nitrogens with zero attached hydrogens (tertiary/aromatic N) is 1. The molecule has 2 atom stereocenters. The van der Waals surface area contributed by atoms with Gasteiger partial charge in [-0.1, -0.05) is 68.4 Å². The number of hydrogen-bond acceptors (Lipinski definition) is 2. The van der Waals surface area contributed by atoms with Crippen molar-refractivity contribution in [2.75, 3.05) is 0 Å². The number of hydrogen-bond donors (Lipinski definition) is 1. The van der Waals surface area contributed by atoms with Crippen LogP contribution in [0.1, 0.15) is 38.7 Å². The number of amides is 1. The van der Waals surface area contributed by atoms with E-state index >= 15 is 0 Å². The van der Waals surface area contributed by atoms with E-state index in [1.165, 1.54) is 0 Å². The van der Waals surface area contributed by atoms with E-state index in [1.807, 2.05) is 30.3 Å². The minimum atomic E-state index is -0.482. The zero-order valence-corrected chi connectivity index (χ0v) is 14.5. The van der Waals surface area contributed by atoms with Gasteiger partial charge in [0.2, 0.25) is 5.91 Å². The topological polar surface area (TPSA) is 52.9 Å². The largest absolute Gasteiger partial charge is 0.340 e. The van der Waals surface area contributed by atoms with Crippen LogP contribution in [0.25, 0.3) is 11.1 Å². The maximum atomic E-state index is 12.6. The van der Waals surface area contributed by atoms with E-state index in [1.54, 1.807) is 6.92 Å². The molecule has 2 unspecified atom stereocenters. The minimum Gasteiger partial charge on any atom is -0.340 e. The van der Waals surface area contributed by atoms with Crippen LogP contribution in [0.4, 0.5) is 0 Å². The molecule has 3 nitrogen and oxygen atoms in total. The van der Waals surface area contributed by atoms with Crippen LogP contribution in [0.5, 0.6) is 0 Å². The van der Waals surface area contributed by atoms with Crippen molar-refractivity contribution in [3.05, 3.63) is 60.2 Å². The fraction of sp³-hybridized carbons (Fsp3) is 0.333. The molecule has 0 aliphatic heterocycles. The fourth-order valence-corrected chi connectivity index (χ4v) is 2.78. The zero-order chi connectivity index (χ0) is 17.5. The maximum Gasteiger partial charge on any atom is 0.228 e. The maximum absolute atomic E-state index is 12.6. The van der Waals surface area contributed by atoms with Crippen LogP contribution < -0.4 is 5.32 Å². The average molecular weight is 320 g/mol. The van der Waals surface area contributed by atoms with Crippen molar-refractivity contribution in [3.63, 3.8) is 0 Å². The minimum absolute atomic E-state index is 0.0806. The molecular formula is C21H24N2O. The van der Waals surface area contributed by atoms with Crippen molar-refractivity contribution >= 4 is 5.91 Å². The molecule has 0 fully saturated rings. The average Bonchev–Trinajstić information content (AvgIpc) is 2.60. The summed E-state index contributed by atoms with van der Waals surface area (Å²) in [7, 11) is 0. The Labute approximate surface area is 144 Å². The molecule has 2 aromatic rings. The molecule has 0 aromatic heterocycles. The van der Waals surface area contributed by atoms with Crippen molar-refractivity contribution in [1.29, 1.82) is 5.26 Å². The first kappa shape index (κ1) is 17.7. The summed E-state index contributed by atoms with van der Waals surface area (Å²) in [6, 6.07) is 19.8. The van der Waals surface area contributed by atoms with Crippen LogP contribution in [0.2, 0.25) is 0 Å². The van der Waals surface area contributed by atoms with Gasteiger partial charge in [0.15, 0.2) is 0 Å². The van der Waals surface area contributed by atoms with E-state index in [4.69, 9.17) is 5.26 Å². The van der Waals surface area contributed by atoms with Crippen LogP contribution in [-0.2, 0) is 4.79 Å². The molecule has 0 saturated heterocycles. The first-order valence-electron chi connectivity index (χ1n) is 8.36. The molecule has 1 N–H and O–H groups in total. The molecule has 24 heavy (non-hydrogen) atoms. The van der Waals surface area contributed by atoms with E-state index in [0.717, 1.165) is 23.1 Å². The Morgan fingerprint density at radius 1 is 1.04 bits per heavy atom. The molecule has 0 saturated carbocycles. The van der Waals surface area contributed by atoms with Crippen molar-refractivity contribution in [3.8, 4) is 17.2 Å². The van der Waals surface area contributed by atoms with Gasteiger partial charge in [0, 0.05) is 0 Å². The third kappa shape index (κ3) is 4.70. The zero-order valence-electron chi connectivity index (χ0n) is 14.5. The van der Waals surface area contributed by atoms with Gasteiger partial charge in [-0.2, -0.15) is 5.26 Å². The molecule has 2 rings (SSSR count). The van der Waals surface area contributed by atoms with Crippen molar-refractivity contribution in [2.45, 2.75) is 39.2 Å². The fourth-order valence-electron chi connectivity index (χ4n) is 2.78. The molecule has 0 spiro atoms. The summed E-state index contributed by atoms with van der Waals surface area (Å²) in [5.41, 5.74) is 3.23. The molecule has 0 aliphatic rings. The highest BCUT2D eigenvalue weighted by Gasteiger charge is 2.23. The molecule has 0 heterocycles.